The van der Waals surface area contributed by atoms with Crippen LogP contribution in [0.15, 0.2) is 0 Å². The number of carbonyl (C=O) groups is 1. The van der Waals surface area contributed by atoms with Crippen molar-refractivity contribution in [3.63, 3.8) is 0 Å². The van der Waals surface area contributed by atoms with Crippen LogP contribution in [-0.2, 0) is 14.3 Å². The predicted molar refractivity (Wildman–Crippen MR) is 91.8 cm³/mol. The summed E-state index contributed by atoms with van der Waals surface area (Å²) < 4.78 is 10.8. The zero-order chi connectivity index (χ0) is 16.9. The highest BCUT2D eigenvalue weighted by Crippen LogP contribution is 2.27. The van der Waals surface area contributed by atoms with Crippen molar-refractivity contribution < 1.29 is 19.4 Å². The Hall–Kier alpha value is -0.960. The fourth-order valence-corrected chi connectivity index (χ4v) is 4.01. The first-order valence-electron chi connectivity index (χ1n) is 8.93. The molecule has 0 radical (unpaired) electrons. The summed E-state index contributed by atoms with van der Waals surface area (Å²) in [6.07, 6.45) is 5.39. The van der Waals surface area contributed by atoms with Gasteiger partial charge >= 0.3 is 0 Å². The van der Waals surface area contributed by atoms with Gasteiger partial charge in [0, 0.05) is 19.1 Å². The van der Waals surface area contributed by atoms with Gasteiger partial charge in [-0.25, -0.2) is 0 Å². The van der Waals surface area contributed by atoms with Crippen LogP contribution in [0, 0.1) is 11.8 Å². The quantitative estimate of drug-likeness (QED) is 0.535. The highest BCUT2D eigenvalue weighted by molar-refractivity contribution is 7.80. The van der Waals surface area contributed by atoms with E-state index in [1.807, 2.05) is 0 Å². The molecule has 0 aromatic rings. The molecule has 2 aliphatic heterocycles. The fourth-order valence-electron chi connectivity index (χ4n) is 3.85. The molecule has 3 unspecified atom stereocenters. The molecular formula is C16H27N3O4S. The van der Waals surface area contributed by atoms with Crippen molar-refractivity contribution in [3.05, 3.63) is 0 Å². The third kappa shape index (κ3) is 4.36. The molecule has 8 heteroatoms. The minimum Gasteiger partial charge on any atom is -0.446 e. The largest absolute Gasteiger partial charge is 0.446 e. The molecule has 2 heterocycles. The van der Waals surface area contributed by atoms with Crippen molar-refractivity contribution in [2.45, 2.75) is 63.3 Å². The van der Waals surface area contributed by atoms with Crippen molar-refractivity contribution >= 4 is 23.3 Å². The molecule has 0 aromatic heterocycles. The summed E-state index contributed by atoms with van der Waals surface area (Å²) >= 11 is 4.93. The number of rotatable bonds is 5. The van der Waals surface area contributed by atoms with Gasteiger partial charge in [0.25, 0.3) is 5.17 Å². The molecule has 0 aromatic carbocycles. The number of aliphatic hydroxyl groups excluding tert-OH is 1. The Kier molecular flexibility index (Phi) is 6.26. The van der Waals surface area contributed by atoms with Gasteiger partial charge in [-0.2, -0.15) is 5.43 Å². The van der Waals surface area contributed by atoms with Crippen molar-refractivity contribution in [2.75, 3.05) is 13.2 Å². The highest BCUT2D eigenvalue weighted by atomic mass is 32.1. The molecule has 3 rings (SSSR count). The first kappa shape index (κ1) is 17.8. The molecule has 3 aliphatic rings. The molecule has 1 saturated carbocycles. The summed E-state index contributed by atoms with van der Waals surface area (Å²) in [6.45, 7) is 1.31. The normalized spacial score (nSPS) is 28.7. The first-order valence-corrected chi connectivity index (χ1v) is 9.34. The highest BCUT2D eigenvalue weighted by Gasteiger charge is 2.39. The molecular weight excluding hydrogens is 330 g/mol. The summed E-state index contributed by atoms with van der Waals surface area (Å²) in [4.78, 5) is 12.7. The van der Waals surface area contributed by atoms with Gasteiger partial charge in [0.2, 0.25) is 5.91 Å². The van der Waals surface area contributed by atoms with Gasteiger partial charge in [-0.1, -0.05) is 19.3 Å². The van der Waals surface area contributed by atoms with Gasteiger partial charge in [0.15, 0.2) is 6.23 Å². The molecule has 7 nitrogen and oxygen atoms in total. The average molecular weight is 357 g/mol. The van der Waals surface area contributed by atoms with Gasteiger partial charge in [0.1, 0.15) is 6.10 Å². The zero-order valence-electron chi connectivity index (χ0n) is 13.8. The van der Waals surface area contributed by atoms with E-state index in [4.69, 9.17) is 21.7 Å². The van der Waals surface area contributed by atoms with E-state index in [0.29, 0.717) is 13.2 Å². The van der Waals surface area contributed by atoms with E-state index in [-0.39, 0.29) is 29.0 Å². The second-order valence-electron chi connectivity index (χ2n) is 6.90. The van der Waals surface area contributed by atoms with Crippen molar-refractivity contribution in [3.8, 4) is 0 Å². The van der Waals surface area contributed by atoms with Crippen LogP contribution in [0.4, 0.5) is 0 Å². The summed E-state index contributed by atoms with van der Waals surface area (Å²) in [5, 5.41) is 14.1. The predicted octanol–water partition coefficient (Wildman–Crippen LogP) is 0.574. The monoisotopic (exact) mass is 357 g/mol. The lowest BCUT2D eigenvalue weighted by Crippen LogP contribution is -2.57. The lowest BCUT2D eigenvalue weighted by molar-refractivity contribution is -0.129. The molecule has 1 amide bonds. The van der Waals surface area contributed by atoms with Crippen LogP contribution in [-0.4, -0.2) is 47.8 Å². The zero-order valence-corrected chi connectivity index (χ0v) is 14.6. The lowest BCUT2D eigenvalue weighted by atomic mass is 9.85. The minimum atomic E-state index is -0.881. The van der Waals surface area contributed by atoms with Gasteiger partial charge in [-0.3, -0.25) is 10.2 Å². The second-order valence-corrected chi connectivity index (χ2v) is 7.28. The Bertz CT molecular complexity index is 453. The third-order valence-corrected chi connectivity index (χ3v) is 5.49. The van der Waals surface area contributed by atoms with E-state index < -0.39 is 12.3 Å². The third-order valence-electron chi connectivity index (χ3n) is 5.29. The van der Waals surface area contributed by atoms with Crippen molar-refractivity contribution in [2.24, 2.45) is 11.8 Å². The standard InChI is InChI=1S/C16H27N3O4S/c20-13(15-18-19-16(24)23-15)12(10-6-8-22-9-7-10)17-14(21)11-4-2-1-3-5-11/h10-13,15,18,20H,1-9H2,(H,17,21)(H,19,24). The van der Waals surface area contributed by atoms with E-state index in [0.717, 1.165) is 38.5 Å². The number of thiocarbonyl (C=S) groups is 1. The SMILES string of the molecule is O=C(NC(C1CCOCC1)C(O)C1NNC(=S)O1)C1CCCCC1. The number of carbonyl (C=O) groups excluding carboxylic acids is 1. The van der Waals surface area contributed by atoms with Crippen LogP contribution < -0.4 is 16.2 Å². The molecule has 0 spiro atoms. The maximum absolute atomic E-state index is 12.7. The summed E-state index contributed by atoms with van der Waals surface area (Å²) in [6, 6.07) is -0.372. The van der Waals surface area contributed by atoms with E-state index in [1.165, 1.54) is 6.42 Å². The van der Waals surface area contributed by atoms with E-state index >= 15 is 0 Å². The van der Waals surface area contributed by atoms with E-state index in [9.17, 15) is 9.90 Å². The molecule has 3 atom stereocenters. The smallest absolute Gasteiger partial charge is 0.273 e. The molecule has 24 heavy (non-hydrogen) atoms. The number of hydrogen-bond acceptors (Lipinski definition) is 6. The Labute approximate surface area is 147 Å². The summed E-state index contributed by atoms with van der Waals surface area (Å²) in [5.41, 5.74) is 5.52. The van der Waals surface area contributed by atoms with Crippen LogP contribution in [0.2, 0.25) is 0 Å². The Morgan fingerprint density at radius 1 is 1.21 bits per heavy atom. The second kappa shape index (κ2) is 8.42. The van der Waals surface area contributed by atoms with Crippen LogP contribution in [0.5, 0.6) is 0 Å². The maximum Gasteiger partial charge on any atom is 0.273 e. The topological polar surface area (TPSA) is 91.9 Å². The van der Waals surface area contributed by atoms with Crippen LogP contribution >= 0.6 is 12.2 Å². The number of hydrogen-bond donors (Lipinski definition) is 4. The minimum absolute atomic E-state index is 0.0544. The number of ether oxygens (including phenoxy) is 2. The fraction of sp³-hybridized carbons (Fsp3) is 0.875. The maximum atomic E-state index is 12.7. The number of amides is 1. The molecule has 136 valence electrons. The number of aliphatic hydroxyl groups is 1. The van der Waals surface area contributed by atoms with Crippen LogP contribution in [0.3, 0.4) is 0 Å². The summed E-state index contributed by atoms with van der Waals surface area (Å²) in [7, 11) is 0. The van der Waals surface area contributed by atoms with Crippen molar-refractivity contribution in [1.29, 1.82) is 0 Å². The summed E-state index contributed by atoms with van der Waals surface area (Å²) in [5.74, 6) is 0.282. The Morgan fingerprint density at radius 2 is 1.92 bits per heavy atom. The van der Waals surface area contributed by atoms with Gasteiger partial charge < -0.3 is 19.9 Å². The molecule has 4 N–H and O–H groups in total. The van der Waals surface area contributed by atoms with E-state index in [2.05, 4.69) is 16.2 Å². The molecule has 0 bridgehead atoms. The van der Waals surface area contributed by atoms with Crippen molar-refractivity contribution in [1.82, 2.24) is 16.2 Å². The van der Waals surface area contributed by atoms with E-state index in [1.54, 1.807) is 0 Å². The first-order chi connectivity index (χ1) is 11.6. The Morgan fingerprint density at radius 3 is 2.54 bits per heavy atom. The van der Waals surface area contributed by atoms with Gasteiger partial charge in [-0.15, -0.1) is 0 Å². The number of nitrogens with one attached hydrogen (secondary N) is 3. The molecule has 3 fully saturated rings. The molecule has 1 aliphatic carbocycles. The lowest BCUT2D eigenvalue weighted by Gasteiger charge is -2.36. The molecule has 2 saturated heterocycles. The van der Waals surface area contributed by atoms with Crippen LogP contribution in [0.1, 0.15) is 44.9 Å². The number of hydrazine groups is 1. The van der Waals surface area contributed by atoms with Gasteiger partial charge in [-0.05, 0) is 43.8 Å². The van der Waals surface area contributed by atoms with Gasteiger partial charge in [0.05, 0.1) is 6.04 Å². The van der Waals surface area contributed by atoms with Crippen LogP contribution in [0.25, 0.3) is 0 Å². The Balaban J connectivity index is 1.66. The average Bonchev–Trinajstić information content (AvgIpc) is 3.07.